The summed E-state index contributed by atoms with van der Waals surface area (Å²) in [5.74, 6) is 1.32. The first-order chi connectivity index (χ1) is 8.70. The van der Waals surface area contributed by atoms with E-state index in [4.69, 9.17) is 14.9 Å². The molecule has 0 spiro atoms. The molecule has 1 aliphatic rings. The van der Waals surface area contributed by atoms with E-state index >= 15 is 0 Å². The SMILES string of the molecule is CN(CCOCC1CC1)C(=O)c1coc(CN)c1. The van der Waals surface area contributed by atoms with Gasteiger partial charge < -0.3 is 19.8 Å². The third-order valence-corrected chi connectivity index (χ3v) is 3.07. The minimum absolute atomic E-state index is 0.0616. The Kier molecular flexibility index (Phi) is 4.38. The molecular weight excluding hydrogens is 232 g/mol. The number of nitrogens with two attached hydrogens (primary N) is 1. The van der Waals surface area contributed by atoms with Crippen LogP contribution < -0.4 is 5.73 Å². The van der Waals surface area contributed by atoms with E-state index in [0.717, 1.165) is 12.5 Å². The molecule has 5 heteroatoms. The van der Waals surface area contributed by atoms with Crippen molar-refractivity contribution in [1.29, 1.82) is 0 Å². The molecule has 2 rings (SSSR count). The Labute approximate surface area is 107 Å². The predicted molar refractivity (Wildman–Crippen MR) is 67.1 cm³/mol. The molecular formula is C13H20N2O3. The van der Waals surface area contributed by atoms with E-state index in [2.05, 4.69) is 0 Å². The molecule has 0 bridgehead atoms. The minimum atomic E-state index is -0.0616. The molecule has 0 radical (unpaired) electrons. The van der Waals surface area contributed by atoms with E-state index in [1.54, 1.807) is 18.0 Å². The molecule has 0 aromatic carbocycles. The second-order valence-electron chi connectivity index (χ2n) is 4.75. The number of rotatable bonds is 7. The Morgan fingerprint density at radius 3 is 3.00 bits per heavy atom. The number of carbonyl (C=O) groups is 1. The van der Waals surface area contributed by atoms with Crippen LogP contribution in [0, 0.1) is 5.92 Å². The highest BCUT2D eigenvalue weighted by atomic mass is 16.5. The Bertz CT molecular complexity index is 399. The number of nitrogens with zero attached hydrogens (tertiary/aromatic N) is 1. The van der Waals surface area contributed by atoms with E-state index in [0.29, 0.717) is 31.0 Å². The van der Waals surface area contributed by atoms with Gasteiger partial charge in [0.25, 0.3) is 5.91 Å². The number of carbonyl (C=O) groups excluding carboxylic acids is 1. The zero-order valence-corrected chi connectivity index (χ0v) is 10.7. The van der Waals surface area contributed by atoms with Gasteiger partial charge in [0.2, 0.25) is 0 Å². The van der Waals surface area contributed by atoms with Crippen LogP contribution in [0.25, 0.3) is 0 Å². The maximum absolute atomic E-state index is 12.0. The molecule has 5 nitrogen and oxygen atoms in total. The molecule has 2 N–H and O–H groups in total. The van der Waals surface area contributed by atoms with E-state index < -0.39 is 0 Å². The topological polar surface area (TPSA) is 68.7 Å². The first-order valence-electron chi connectivity index (χ1n) is 6.31. The van der Waals surface area contributed by atoms with E-state index in [-0.39, 0.29) is 5.91 Å². The summed E-state index contributed by atoms with van der Waals surface area (Å²) in [5.41, 5.74) is 5.97. The van der Waals surface area contributed by atoms with Crippen LogP contribution in [0.15, 0.2) is 16.7 Å². The lowest BCUT2D eigenvalue weighted by Crippen LogP contribution is -2.30. The second-order valence-corrected chi connectivity index (χ2v) is 4.75. The molecule has 0 unspecified atom stereocenters. The first kappa shape index (κ1) is 13.1. The lowest BCUT2D eigenvalue weighted by Gasteiger charge is -2.16. The third kappa shape index (κ3) is 3.58. The number of furan rings is 1. The van der Waals surface area contributed by atoms with Gasteiger partial charge in [0.15, 0.2) is 0 Å². The summed E-state index contributed by atoms with van der Waals surface area (Å²) in [6, 6.07) is 1.68. The van der Waals surface area contributed by atoms with Crippen LogP contribution in [0.1, 0.15) is 29.0 Å². The molecule has 1 heterocycles. The largest absolute Gasteiger partial charge is 0.467 e. The van der Waals surface area contributed by atoms with Crippen molar-refractivity contribution in [2.45, 2.75) is 19.4 Å². The summed E-state index contributed by atoms with van der Waals surface area (Å²) in [6.07, 6.45) is 4.02. The third-order valence-electron chi connectivity index (χ3n) is 3.07. The Balaban J connectivity index is 1.72. The molecule has 1 aliphatic carbocycles. The Morgan fingerprint density at radius 2 is 2.39 bits per heavy atom. The molecule has 18 heavy (non-hydrogen) atoms. The summed E-state index contributed by atoms with van der Waals surface area (Å²) in [4.78, 5) is 13.6. The van der Waals surface area contributed by atoms with Crippen LogP contribution in [-0.2, 0) is 11.3 Å². The molecule has 1 aromatic heterocycles. The quantitative estimate of drug-likeness (QED) is 0.741. The van der Waals surface area contributed by atoms with Gasteiger partial charge in [0, 0.05) is 20.2 Å². The number of likely N-dealkylation sites (N-methyl/N-ethyl adjacent to an activating group) is 1. The summed E-state index contributed by atoms with van der Waals surface area (Å²) in [5, 5.41) is 0. The molecule has 1 amide bonds. The molecule has 1 saturated carbocycles. The van der Waals surface area contributed by atoms with Crippen molar-refractivity contribution in [3.63, 3.8) is 0 Å². The van der Waals surface area contributed by atoms with Crippen LogP contribution in [0.5, 0.6) is 0 Å². The van der Waals surface area contributed by atoms with Crippen LogP contribution in [0.4, 0.5) is 0 Å². The fourth-order valence-corrected chi connectivity index (χ4v) is 1.66. The molecule has 1 fully saturated rings. The van der Waals surface area contributed by atoms with Gasteiger partial charge in [0.05, 0.1) is 18.7 Å². The number of hydrogen-bond acceptors (Lipinski definition) is 4. The zero-order chi connectivity index (χ0) is 13.0. The second kappa shape index (κ2) is 6.02. The summed E-state index contributed by atoms with van der Waals surface area (Å²) in [6.45, 7) is 2.31. The lowest BCUT2D eigenvalue weighted by molar-refractivity contribution is 0.0680. The van der Waals surface area contributed by atoms with Crippen molar-refractivity contribution in [2.24, 2.45) is 11.7 Å². The summed E-state index contributed by atoms with van der Waals surface area (Å²) < 4.78 is 10.7. The summed E-state index contributed by atoms with van der Waals surface area (Å²) in [7, 11) is 1.76. The molecule has 100 valence electrons. The molecule has 0 atom stereocenters. The van der Waals surface area contributed by atoms with Crippen LogP contribution in [0.3, 0.4) is 0 Å². The standard InChI is InChI=1S/C13H20N2O3/c1-15(4-5-17-8-10-2-3-10)13(16)11-6-12(7-14)18-9-11/h6,9-10H,2-5,7-8,14H2,1H3. The lowest BCUT2D eigenvalue weighted by atomic mass is 10.2. The Morgan fingerprint density at radius 1 is 1.61 bits per heavy atom. The molecule has 0 aliphatic heterocycles. The highest BCUT2D eigenvalue weighted by Crippen LogP contribution is 2.28. The van der Waals surface area contributed by atoms with Gasteiger partial charge in [0.1, 0.15) is 12.0 Å². The number of hydrogen-bond donors (Lipinski definition) is 1. The monoisotopic (exact) mass is 252 g/mol. The van der Waals surface area contributed by atoms with Gasteiger partial charge >= 0.3 is 0 Å². The van der Waals surface area contributed by atoms with Gasteiger partial charge in [-0.1, -0.05) is 0 Å². The first-order valence-corrected chi connectivity index (χ1v) is 6.31. The smallest absolute Gasteiger partial charge is 0.256 e. The van der Waals surface area contributed by atoms with Gasteiger partial charge in [-0.15, -0.1) is 0 Å². The molecule has 1 aromatic rings. The normalized spacial score (nSPS) is 14.8. The van der Waals surface area contributed by atoms with E-state index in [1.165, 1.54) is 19.1 Å². The van der Waals surface area contributed by atoms with Crippen LogP contribution in [0.2, 0.25) is 0 Å². The van der Waals surface area contributed by atoms with Crippen molar-refractivity contribution in [3.8, 4) is 0 Å². The van der Waals surface area contributed by atoms with Crippen molar-refractivity contribution in [3.05, 3.63) is 23.7 Å². The Hall–Kier alpha value is -1.33. The maximum atomic E-state index is 12.0. The fourth-order valence-electron chi connectivity index (χ4n) is 1.66. The number of ether oxygens (including phenoxy) is 1. The van der Waals surface area contributed by atoms with Gasteiger partial charge in [-0.05, 0) is 24.8 Å². The van der Waals surface area contributed by atoms with Crippen LogP contribution >= 0.6 is 0 Å². The average Bonchev–Trinajstić information content (AvgIpc) is 3.08. The minimum Gasteiger partial charge on any atom is -0.467 e. The average molecular weight is 252 g/mol. The van der Waals surface area contributed by atoms with Gasteiger partial charge in [-0.2, -0.15) is 0 Å². The highest BCUT2D eigenvalue weighted by Gasteiger charge is 2.21. The number of amides is 1. The van der Waals surface area contributed by atoms with Crippen molar-refractivity contribution in [1.82, 2.24) is 4.90 Å². The van der Waals surface area contributed by atoms with E-state index in [1.807, 2.05) is 0 Å². The maximum Gasteiger partial charge on any atom is 0.256 e. The highest BCUT2D eigenvalue weighted by molar-refractivity contribution is 5.93. The summed E-state index contributed by atoms with van der Waals surface area (Å²) >= 11 is 0. The van der Waals surface area contributed by atoms with Crippen molar-refractivity contribution < 1.29 is 13.9 Å². The van der Waals surface area contributed by atoms with E-state index in [9.17, 15) is 4.79 Å². The van der Waals surface area contributed by atoms with Gasteiger partial charge in [-0.25, -0.2) is 0 Å². The van der Waals surface area contributed by atoms with Crippen LogP contribution in [-0.4, -0.2) is 37.6 Å². The fraction of sp³-hybridized carbons (Fsp3) is 0.615. The molecule has 0 saturated heterocycles. The van der Waals surface area contributed by atoms with Crippen molar-refractivity contribution >= 4 is 5.91 Å². The predicted octanol–water partition coefficient (Wildman–Crippen LogP) is 1.24. The zero-order valence-electron chi connectivity index (χ0n) is 10.7. The van der Waals surface area contributed by atoms with Crippen molar-refractivity contribution in [2.75, 3.05) is 26.8 Å². The van der Waals surface area contributed by atoms with Gasteiger partial charge in [-0.3, -0.25) is 4.79 Å².